The third-order valence-corrected chi connectivity index (χ3v) is 4.45. The first-order valence-corrected chi connectivity index (χ1v) is 8.46. The van der Waals surface area contributed by atoms with Crippen molar-refractivity contribution in [1.82, 2.24) is 9.88 Å². The summed E-state index contributed by atoms with van der Waals surface area (Å²) >= 11 is 5.94. The molecule has 0 bridgehead atoms. The number of carbonyl (C=O) groups is 1. The molecule has 0 saturated carbocycles. The lowest BCUT2D eigenvalue weighted by atomic mass is 9.95. The average Bonchev–Trinajstić information content (AvgIpc) is 2.64. The molecule has 0 amide bonds. The molecule has 1 aromatic carbocycles. The molecule has 5 nitrogen and oxygen atoms in total. The van der Waals surface area contributed by atoms with Gasteiger partial charge < -0.3 is 9.47 Å². The standard InChI is InChI=1S/C19H23ClN2O3/c1-19(18(23)24-3,17-10-4-5-11-21-17)22(2)12-7-13-25-16-9-6-8-15(20)14-16/h4-6,8-11,14H,7,12-13H2,1-3H3. The quantitative estimate of drug-likeness (QED) is 0.531. The van der Waals surface area contributed by atoms with E-state index in [1.807, 2.05) is 49.2 Å². The molecule has 0 aliphatic carbocycles. The van der Waals surface area contributed by atoms with Gasteiger partial charge in [0.2, 0.25) is 0 Å². The van der Waals surface area contributed by atoms with Crippen molar-refractivity contribution in [2.75, 3.05) is 27.3 Å². The Labute approximate surface area is 153 Å². The normalized spacial score (nSPS) is 13.3. The first kappa shape index (κ1) is 19.2. The molecule has 134 valence electrons. The number of ether oxygens (including phenoxy) is 2. The second kappa shape index (κ2) is 8.83. The highest BCUT2D eigenvalue weighted by Crippen LogP contribution is 2.27. The molecule has 1 atom stereocenters. The Morgan fingerprint density at radius 1 is 1.28 bits per heavy atom. The van der Waals surface area contributed by atoms with E-state index in [9.17, 15) is 4.79 Å². The molecule has 0 saturated heterocycles. The fourth-order valence-corrected chi connectivity index (χ4v) is 2.76. The third-order valence-electron chi connectivity index (χ3n) is 4.21. The van der Waals surface area contributed by atoms with Gasteiger partial charge in [-0.2, -0.15) is 0 Å². The molecule has 0 fully saturated rings. The van der Waals surface area contributed by atoms with Crippen LogP contribution in [0.4, 0.5) is 0 Å². The minimum absolute atomic E-state index is 0.343. The SMILES string of the molecule is COC(=O)C(C)(c1ccccn1)N(C)CCCOc1cccc(Cl)c1. The van der Waals surface area contributed by atoms with Crippen LogP contribution in [0.15, 0.2) is 48.7 Å². The number of pyridine rings is 1. The van der Waals surface area contributed by atoms with Crippen molar-refractivity contribution < 1.29 is 14.3 Å². The van der Waals surface area contributed by atoms with Crippen LogP contribution in [-0.2, 0) is 15.1 Å². The van der Waals surface area contributed by atoms with Gasteiger partial charge in [-0.3, -0.25) is 9.88 Å². The number of benzene rings is 1. The molecule has 1 heterocycles. The summed E-state index contributed by atoms with van der Waals surface area (Å²) in [6.07, 6.45) is 2.41. The fourth-order valence-electron chi connectivity index (χ4n) is 2.58. The molecule has 25 heavy (non-hydrogen) atoms. The van der Waals surface area contributed by atoms with Crippen LogP contribution in [0.25, 0.3) is 0 Å². The van der Waals surface area contributed by atoms with Crippen LogP contribution in [0.5, 0.6) is 5.75 Å². The molecule has 6 heteroatoms. The Hall–Kier alpha value is -2.11. The largest absolute Gasteiger partial charge is 0.493 e. The van der Waals surface area contributed by atoms with Crippen molar-refractivity contribution >= 4 is 17.6 Å². The summed E-state index contributed by atoms with van der Waals surface area (Å²) < 4.78 is 10.7. The summed E-state index contributed by atoms with van der Waals surface area (Å²) in [6.45, 7) is 2.98. The number of carbonyl (C=O) groups excluding carboxylic acids is 1. The predicted octanol–water partition coefficient (Wildman–Crippen LogP) is 3.52. The van der Waals surface area contributed by atoms with E-state index in [0.717, 1.165) is 12.2 Å². The molecule has 0 radical (unpaired) electrons. The maximum Gasteiger partial charge on any atom is 0.332 e. The van der Waals surface area contributed by atoms with Gasteiger partial charge >= 0.3 is 5.97 Å². The van der Waals surface area contributed by atoms with Crippen molar-refractivity contribution in [3.05, 3.63) is 59.4 Å². The van der Waals surface area contributed by atoms with Gasteiger partial charge in [0.15, 0.2) is 5.54 Å². The zero-order valence-corrected chi connectivity index (χ0v) is 15.5. The van der Waals surface area contributed by atoms with Crippen molar-refractivity contribution in [1.29, 1.82) is 0 Å². The zero-order chi connectivity index (χ0) is 18.3. The molecular weight excluding hydrogens is 340 g/mol. The Morgan fingerprint density at radius 2 is 2.08 bits per heavy atom. The summed E-state index contributed by atoms with van der Waals surface area (Å²) in [7, 11) is 3.27. The molecule has 0 spiro atoms. The van der Waals surface area contributed by atoms with Gasteiger partial charge in [0, 0.05) is 17.8 Å². The lowest BCUT2D eigenvalue weighted by molar-refractivity contribution is -0.154. The summed E-state index contributed by atoms with van der Waals surface area (Å²) in [5.41, 5.74) is -0.299. The Kier molecular flexibility index (Phi) is 6.79. The fraction of sp³-hybridized carbons (Fsp3) is 0.368. The highest BCUT2D eigenvalue weighted by molar-refractivity contribution is 6.30. The van der Waals surface area contributed by atoms with Gasteiger partial charge in [-0.25, -0.2) is 4.79 Å². The molecule has 1 unspecified atom stereocenters. The first-order chi connectivity index (χ1) is 12.0. The molecule has 0 aliphatic rings. The van der Waals surface area contributed by atoms with Gasteiger partial charge in [0.1, 0.15) is 5.75 Å². The van der Waals surface area contributed by atoms with Crippen LogP contribution in [0, 0.1) is 0 Å². The van der Waals surface area contributed by atoms with E-state index in [1.165, 1.54) is 7.11 Å². The number of rotatable bonds is 8. The minimum Gasteiger partial charge on any atom is -0.493 e. The number of aromatic nitrogens is 1. The van der Waals surface area contributed by atoms with E-state index in [-0.39, 0.29) is 5.97 Å². The summed E-state index contributed by atoms with van der Waals surface area (Å²) in [5, 5.41) is 0.642. The van der Waals surface area contributed by atoms with Crippen molar-refractivity contribution in [3.8, 4) is 5.75 Å². The number of likely N-dealkylation sites (N-methyl/N-ethyl adjacent to an activating group) is 1. The number of methoxy groups -OCH3 is 1. The maximum atomic E-state index is 12.4. The van der Waals surface area contributed by atoms with Crippen LogP contribution in [0.1, 0.15) is 19.0 Å². The van der Waals surface area contributed by atoms with Crippen LogP contribution in [0.2, 0.25) is 5.02 Å². The second-order valence-electron chi connectivity index (χ2n) is 5.86. The predicted molar refractivity (Wildman–Crippen MR) is 97.8 cm³/mol. The highest BCUT2D eigenvalue weighted by Gasteiger charge is 2.41. The van der Waals surface area contributed by atoms with Crippen LogP contribution >= 0.6 is 11.6 Å². The summed E-state index contributed by atoms with van der Waals surface area (Å²) in [6, 6.07) is 12.8. The Morgan fingerprint density at radius 3 is 2.72 bits per heavy atom. The van der Waals surface area contributed by atoms with Crippen LogP contribution in [-0.4, -0.2) is 43.2 Å². The Bertz CT molecular complexity index is 696. The van der Waals surface area contributed by atoms with E-state index >= 15 is 0 Å². The number of nitrogens with zero attached hydrogens (tertiary/aromatic N) is 2. The molecule has 1 aromatic heterocycles. The van der Waals surface area contributed by atoms with E-state index in [1.54, 1.807) is 18.3 Å². The van der Waals surface area contributed by atoms with Gasteiger partial charge in [-0.15, -0.1) is 0 Å². The van der Waals surface area contributed by atoms with Crippen molar-refractivity contribution in [3.63, 3.8) is 0 Å². The molecule has 0 N–H and O–H groups in total. The van der Waals surface area contributed by atoms with E-state index in [2.05, 4.69) is 4.98 Å². The zero-order valence-electron chi connectivity index (χ0n) is 14.7. The van der Waals surface area contributed by atoms with Crippen LogP contribution < -0.4 is 4.74 Å². The highest BCUT2D eigenvalue weighted by atomic mass is 35.5. The van der Waals surface area contributed by atoms with Crippen molar-refractivity contribution in [2.45, 2.75) is 18.9 Å². The van der Waals surface area contributed by atoms with Gasteiger partial charge in [-0.05, 0) is 50.7 Å². The van der Waals surface area contributed by atoms with Crippen LogP contribution in [0.3, 0.4) is 0 Å². The monoisotopic (exact) mass is 362 g/mol. The number of halogens is 1. The number of esters is 1. The molecule has 2 rings (SSSR count). The second-order valence-corrected chi connectivity index (χ2v) is 6.30. The molecule has 2 aromatic rings. The Balaban J connectivity index is 1.98. The third kappa shape index (κ3) is 4.71. The lowest BCUT2D eigenvalue weighted by Gasteiger charge is -2.35. The summed E-state index contributed by atoms with van der Waals surface area (Å²) in [4.78, 5) is 18.7. The minimum atomic E-state index is -0.952. The maximum absolute atomic E-state index is 12.4. The lowest BCUT2D eigenvalue weighted by Crippen LogP contribution is -2.49. The topological polar surface area (TPSA) is 51.7 Å². The van der Waals surface area contributed by atoms with Gasteiger partial charge in [0.05, 0.1) is 19.4 Å². The average molecular weight is 363 g/mol. The molecule has 0 aliphatic heterocycles. The van der Waals surface area contributed by atoms with Crippen molar-refractivity contribution in [2.24, 2.45) is 0 Å². The number of hydrogen-bond acceptors (Lipinski definition) is 5. The van der Waals surface area contributed by atoms with E-state index in [0.29, 0.717) is 23.9 Å². The summed E-state index contributed by atoms with van der Waals surface area (Å²) in [5.74, 6) is 0.389. The van der Waals surface area contributed by atoms with Gasteiger partial charge in [-0.1, -0.05) is 23.7 Å². The van der Waals surface area contributed by atoms with Gasteiger partial charge in [0.25, 0.3) is 0 Å². The first-order valence-electron chi connectivity index (χ1n) is 8.08. The number of hydrogen-bond donors (Lipinski definition) is 0. The molecular formula is C19H23ClN2O3. The van der Waals surface area contributed by atoms with E-state index < -0.39 is 5.54 Å². The smallest absolute Gasteiger partial charge is 0.332 e. The van der Waals surface area contributed by atoms with E-state index in [4.69, 9.17) is 21.1 Å².